The van der Waals surface area contributed by atoms with Gasteiger partial charge in [-0.15, -0.1) is 11.6 Å². The molecule has 2 aromatic heterocycles. The number of aromatic nitrogens is 3. The van der Waals surface area contributed by atoms with Crippen molar-refractivity contribution in [2.45, 2.75) is 25.8 Å². The van der Waals surface area contributed by atoms with E-state index in [1.807, 2.05) is 38.1 Å². The topological polar surface area (TPSA) is 43.9 Å². The molecular weight excluding hydrogens is 262 g/mol. The molecule has 0 N–H and O–H groups in total. The van der Waals surface area contributed by atoms with Crippen LogP contribution in [0, 0.1) is 6.92 Å². The Hall–Kier alpha value is -1.81. The largest absolute Gasteiger partial charge is 0.444 e. The number of rotatable bonds is 3. The maximum atomic E-state index is 6.22. The summed E-state index contributed by atoms with van der Waals surface area (Å²) in [5.41, 5.74) is 1.98. The van der Waals surface area contributed by atoms with E-state index in [4.69, 9.17) is 16.0 Å². The summed E-state index contributed by atoms with van der Waals surface area (Å²) >= 11 is 6.22. The van der Waals surface area contributed by atoms with Gasteiger partial charge in [0.15, 0.2) is 0 Å². The van der Waals surface area contributed by atoms with E-state index in [0.717, 1.165) is 22.6 Å². The predicted molar refractivity (Wildman–Crippen MR) is 74.3 cm³/mol. The molecule has 0 bridgehead atoms. The van der Waals surface area contributed by atoms with E-state index >= 15 is 0 Å². The Balaban J connectivity index is 2.12. The number of para-hydroxylation sites is 2. The Labute approximate surface area is 116 Å². The van der Waals surface area contributed by atoms with Crippen molar-refractivity contribution in [3.63, 3.8) is 0 Å². The van der Waals surface area contributed by atoms with Gasteiger partial charge in [-0.05, 0) is 26.0 Å². The fraction of sp³-hybridized carbons (Fsp3) is 0.286. The highest BCUT2D eigenvalue weighted by atomic mass is 35.5. The molecule has 0 aliphatic heterocycles. The third-order valence-electron chi connectivity index (χ3n) is 3.00. The van der Waals surface area contributed by atoms with Gasteiger partial charge >= 0.3 is 0 Å². The Morgan fingerprint density at radius 2 is 2.16 bits per heavy atom. The molecule has 0 spiro atoms. The van der Waals surface area contributed by atoms with Crippen molar-refractivity contribution >= 4 is 22.6 Å². The summed E-state index contributed by atoms with van der Waals surface area (Å²) in [5, 5.41) is -0.163. The van der Waals surface area contributed by atoms with E-state index in [0.29, 0.717) is 12.4 Å². The molecule has 0 fully saturated rings. The van der Waals surface area contributed by atoms with Gasteiger partial charge in [0.2, 0.25) is 5.89 Å². The molecule has 0 saturated carbocycles. The monoisotopic (exact) mass is 275 g/mol. The second-order valence-corrected chi connectivity index (χ2v) is 5.18. The first-order valence-corrected chi connectivity index (χ1v) is 6.59. The molecular formula is C14H14ClN3O. The molecule has 1 aromatic carbocycles. The number of imidazole rings is 1. The maximum Gasteiger partial charge on any atom is 0.214 e. The summed E-state index contributed by atoms with van der Waals surface area (Å²) in [6.07, 6.45) is 1.72. The first-order chi connectivity index (χ1) is 9.15. The molecule has 0 radical (unpaired) electrons. The summed E-state index contributed by atoms with van der Waals surface area (Å²) in [5.74, 6) is 2.30. The van der Waals surface area contributed by atoms with Crippen LogP contribution < -0.4 is 0 Å². The maximum absolute atomic E-state index is 6.22. The lowest BCUT2D eigenvalue weighted by Crippen LogP contribution is -2.05. The SMILES string of the molecule is Cc1cnc(Cn2c(C(C)Cl)nc3ccccc32)o1. The zero-order valence-corrected chi connectivity index (χ0v) is 11.6. The molecule has 0 saturated heterocycles. The zero-order chi connectivity index (χ0) is 13.4. The Bertz CT molecular complexity index is 714. The van der Waals surface area contributed by atoms with E-state index in [1.165, 1.54) is 0 Å². The van der Waals surface area contributed by atoms with Crippen LogP contribution in [0.2, 0.25) is 0 Å². The van der Waals surface area contributed by atoms with Crippen LogP contribution in [-0.2, 0) is 6.54 Å². The van der Waals surface area contributed by atoms with Crippen molar-refractivity contribution in [1.82, 2.24) is 14.5 Å². The predicted octanol–water partition coefficient (Wildman–Crippen LogP) is 3.68. The number of fused-ring (bicyclic) bond motifs is 1. The fourth-order valence-corrected chi connectivity index (χ4v) is 2.34. The van der Waals surface area contributed by atoms with Gasteiger partial charge in [-0.1, -0.05) is 12.1 Å². The van der Waals surface area contributed by atoms with E-state index in [2.05, 4.69) is 14.5 Å². The second kappa shape index (κ2) is 4.70. The van der Waals surface area contributed by atoms with Crippen LogP contribution in [0.1, 0.15) is 29.8 Å². The summed E-state index contributed by atoms with van der Waals surface area (Å²) in [7, 11) is 0. The number of benzene rings is 1. The number of hydrogen-bond donors (Lipinski definition) is 0. The lowest BCUT2D eigenvalue weighted by atomic mass is 10.3. The van der Waals surface area contributed by atoms with Crippen LogP contribution >= 0.6 is 11.6 Å². The summed E-state index contributed by atoms with van der Waals surface area (Å²) in [6.45, 7) is 4.34. The van der Waals surface area contributed by atoms with E-state index < -0.39 is 0 Å². The van der Waals surface area contributed by atoms with Crippen LogP contribution in [-0.4, -0.2) is 14.5 Å². The van der Waals surface area contributed by atoms with Crippen LogP contribution in [0.4, 0.5) is 0 Å². The Morgan fingerprint density at radius 1 is 1.37 bits per heavy atom. The molecule has 98 valence electrons. The van der Waals surface area contributed by atoms with Crippen LogP contribution in [0.5, 0.6) is 0 Å². The molecule has 2 heterocycles. The number of hydrogen-bond acceptors (Lipinski definition) is 3. The number of alkyl halides is 1. The zero-order valence-electron chi connectivity index (χ0n) is 10.8. The molecule has 3 aromatic rings. The van der Waals surface area contributed by atoms with E-state index in [-0.39, 0.29) is 5.38 Å². The molecule has 0 aliphatic carbocycles. The molecule has 0 amide bonds. The smallest absolute Gasteiger partial charge is 0.214 e. The second-order valence-electron chi connectivity index (χ2n) is 4.53. The lowest BCUT2D eigenvalue weighted by molar-refractivity contribution is 0.456. The van der Waals surface area contributed by atoms with Gasteiger partial charge in [-0.3, -0.25) is 0 Å². The third-order valence-corrected chi connectivity index (χ3v) is 3.20. The van der Waals surface area contributed by atoms with E-state index in [1.54, 1.807) is 6.20 Å². The van der Waals surface area contributed by atoms with E-state index in [9.17, 15) is 0 Å². The third kappa shape index (κ3) is 2.24. The van der Waals surface area contributed by atoms with Gasteiger partial charge in [0.25, 0.3) is 0 Å². The minimum atomic E-state index is -0.163. The normalized spacial score (nSPS) is 13.0. The summed E-state index contributed by atoms with van der Waals surface area (Å²) in [4.78, 5) is 8.82. The number of aryl methyl sites for hydroxylation is 1. The van der Waals surface area contributed by atoms with Crippen molar-refractivity contribution in [1.29, 1.82) is 0 Å². The highest BCUT2D eigenvalue weighted by Gasteiger charge is 2.16. The molecule has 3 rings (SSSR count). The standard InChI is InChI=1S/C14H14ClN3O/c1-9-7-16-13(19-9)8-18-12-6-4-3-5-11(12)17-14(18)10(2)15/h3-7,10H,8H2,1-2H3. The quantitative estimate of drug-likeness (QED) is 0.685. The molecule has 19 heavy (non-hydrogen) atoms. The summed E-state index contributed by atoms with van der Waals surface area (Å²) in [6, 6.07) is 7.97. The average molecular weight is 276 g/mol. The minimum Gasteiger partial charge on any atom is -0.444 e. The fourth-order valence-electron chi connectivity index (χ4n) is 2.17. The highest BCUT2D eigenvalue weighted by molar-refractivity contribution is 6.20. The van der Waals surface area contributed by atoms with Gasteiger partial charge in [-0.25, -0.2) is 9.97 Å². The van der Waals surface area contributed by atoms with Gasteiger partial charge in [0, 0.05) is 0 Å². The Kier molecular flexibility index (Phi) is 3.03. The van der Waals surface area contributed by atoms with Crippen LogP contribution in [0.3, 0.4) is 0 Å². The van der Waals surface area contributed by atoms with Crippen molar-refractivity contribution in [3.8, 4) is 0 Å². The molecule has 5 heteroatoms. The van der Waals surface area contributed by atoms with Crippen LogP contribution in [0.25, 0.3) is 11.0 Å². The van der Waals surface area contributed by atoms with Gasteiger partial charge in [-0.2, -0.15) is 0 Å². The Morgan fingerprint density at radius 3 is 2.84 bits per heavy atom. The number of nitrogens with zero attached hydrogens (tertiary/aromatic N) is 3. The van der Waals surface area contributed by atoms with Gasteiger partial charge in [0.05, 0.1) is 22.6 Å². The molecule has 4 nitrogen and oxygen atoms in total. The molecule has 1 atom stereocenters. The first-order valence-electron chi connectivity index (χ1n) is 6.15. The van der Waals surface area contributed by atoms with Crippen molar-refractivity contribution < 1.29 is 4.42 Å². The average Bonchev–Trinajstić information content (AvgIpc) is 2.95. The first kappa shape index (κ1) is 12.2. The van der Waals surface area contributed by atoms with Crippen LogP contribution in [0.15, 0.2) is 34.9 Å². The minimum absolute atomic E-state index is 0.163. The lowest BCUT2D eigenvalue weighted by Gasteiger charge is -2.08. The van der Waals surface area contributed by atoms with Crippen molar-refractivity contribution in [3.05, 3.63) is 47.9 Å². The van der Waals surface area contributed by atoms with Crippen molar-refractivity contribution in [2.75, 3.05) is 0 Å². The summed E-state index contributed by atoms with van der Waals surface area (Å²) < 4.78 is 7.59. The highest BCUT2D eigenvalue weighted by Crippen LogP contribution is 2.25. The molecule has 1 unspecified atom stereocenters. The molecule has 0 aliphatic rings. The number of oxazole rings is 1. The number of halogens is 1. The van der Waals surface area contributed by atoms with Gasteiger partial charge < -0.3 is 8.98 Å². The van der Waals surface area contributed by atoms with Gasteiger partial charge in [0.1, 0.15) is 18.1 Å². The van der Waals surface area contributed by atoms with Crippen molar-refractivity contribution in [2.24, 2.45) is 0 Å².